The van der Waals surface area contributed by atoms with Crippen LogP contribution in [0.2, 0.25) is 0 Å². The van der Waals surface area contributed by atoms with Gasteiger partial charge in [0.25, 0.3) is 5.91 Å². The van der Waals surface area contributed by atoms with E-state index >= 15 is 0 Å². The molecule has 9 heteroatoms. The minimum Gasteiger partial charge on any atom is -0.444 e. The van der Waals surface area contributed by atoms with E-state index in [2.05, 4.69) is 21.1 Å². The molecule has 0 aromatic heterocycles. The summed E-state index contributed by atoms with van der Waals surface area (Å²) in [5, 5.41) is 2.34. The van der Waals surface area contributed by atoms with Gasteiger partial charge in [0.05, 0.1) is 0 Å². The van der Waals surface area contributed by atoms with Crippen molar-refractivity contribution in [3.63, 3.8) is 0 Å². The van der Waals surface area contributed by atoms with Crippen molar-refractivity contribution in [2.24, 2.45) is 0 Å². The standard InChI is InChI=1S/C18H27N5O4/c1-18(2,3)27-17(26)23-11-9-22(10-12-23)14-7-5-13(6-8-14)15(24)20-21-16(25)19-4/h5-8H,9-12H2,1-4H3,(H,20,24)(H2,19,21,25). The molecule has 1 aliphatic heterocycles. The summed E-state index contributed by atoms with van der Waals surface area (Å²) in [7, 11) is 1.46. The first-order valence-corrected chi connectivity index (χ1v) is 8.80. The van der Waals surface area contributed by atoms with E-state index in [0.717, 1.165) is 5.69 Å². The number of nitrogens with zero attached hydrogens (tertiary/aromatic N) is 2. The Hall–Kier alpha value is -2.97. The van der Waals surface area contributed by atoms with E-state index in [1.807, 2.05) is 32.9 Å². The number of hydrazine groups is 1. The molecular formula is C18H27N5O4. The summed E-state index contributed by atoms with van der Waals surface area (Å²) in [6.07, 6.45) is -0.294. The number of anilines is 1. The molecular weight excluding hydrogens is 350 g/mol. The van der Waals surface area contributed by atoms with Gasteiger partial charge in [0, 0.05) is 44.5 Å². The lowest BCUT2D eigenvalue weighted by molar-refractivity contribution is 0.0240. The first-order chi connectivity index (χ1) is 12.7. The molecule has 0 spiro atoms. The van der Waals surface area contributed by atoms with Gasteiger partial charge in [-0.15, -0.1) is 0 Å². The van der Waals surface area contributed by atoms with Crippen LogP contribution in [0, 0.1) is 0 Å². The Morgan fingerprint density at radius 1 is 0.963 bits per heavy atom. The van der Waals surface area contributed by atoms with Crippen LogP contribution in [0.15, 0.2) is 24.3 Å². The van der Waals surface area contributed by atoms with Crippen LogP contribution in [0.1, 0.15) is 31.1 Å². The van der Waals surface area contributed by atoms with Gasteiger partial charge < -0.3 is 19.9 Å². The number of hydrogen-bond donors (Lipinski definition) is 3. The highest BCUT2D eigenvalue weighted by atomic mass is 16.6. The summed E-state index contributed by atoms with van der Waals surface area (Å²) in [4.78, 5) is 39.0. The molecule has 0 aliphatic carbocycles. The Balaban J connectivity index is 1.87. The van der Waals surface area contributed by atoms with E-state index in [1.54, 1.807) is 17.0 Å². The van der Waals surface area contributed by atoms with Crippen LogP contribution in [0.5, 0.6) is 0 Å². The number of carbonyl (C=O) groups is 3. The van der Waals surface area contributed by atoms with Crippen molar-refractivity contribution in [2.75, 3.05) is 38.1 Å². The smallest absolute Gasteiger partial charge is 0.410 e. The molecule has 1 aromatic carbocycles. The van der Waals surface area contributed by atoms with Crippen LogP contribution >= 0.6 is 0 Å². The van der Waals surface area contributed by atoms with E-state index in [-0.39, 0.29) is 6.09 Å². The fourth-order valence-electron chi connectivity index (χ4n) is 2.55. The summed E-state index contributed by atoms with van der Waals surface area (Å²) in [5.41, 5.74) is 5.44. The molecule has 9 nitrogen and oxygen atoms in total. The average molecular weight is 377 g/mol. The van der Waals surface area contributed by atoms with E-state index < -0.39 is 17.5 Å². The number of hydrogen-bond acceptors (Lipinski definition) is 5. The lowest BCUT2D eigenvalue weighted by Crippen LogP contribution is -2.50. The fraction of sp³-hybridized carbons (Fsp3) is 0.500. The minimum atomic E-state index is -0.503. The van der Waals surface area contributed by atoms with E-state index in [1.165, 1.54) is 7.05 Å². The maximum absolute atomic E-state index is 12.1. The number of nitrogens with one attached hydrogen (secondary N) is 3. The number of rotatable bonds is 2. The summed E-state index contributed by atoms with van der Waals surface area (Å²) >= 11 is 0. The Labute approximate surface area is 159 Å². The zero-order valence-electron chi connectivity index (χ0n) is 16.2. The summed E-state index contributed by atoms with van der Waals surface area (Å²) in [5.74, 6) is -0.403. The second-order valence-corrected chi connectivity index (χ2v) is 7.16. The first-order valence-electron chi connectivity index (χ1n) is 8.80. The van der Waals surface area contributed by atoms with Gasteiger partial charge in [-0.1, -0.05) is 0 Å². The number of benzene rings is 1. The van der Waals surface area contributed by atoms with Crippen LogP contribution in [0.4, 0.5) is 15.3 Å². The molecule has 1 saturated heterocycles. The van der Waals surface area contributed by atoms with Gasteiger partial charge in [0.2, 0.25) is 0 Å². The molecule has 2 rings (SSSR count). The molecule has 0 radical (unpaired) electrons. The number of amides is 4. The molecule has 1 aromatic rings. The van der Waals surface area contributed by atoms with Crippen molar-refractivity contribution >= 4 is 23.7 Å². The molecule has 1 fully saturated rings. The van der Waals surface area contributed by atoms with Crippen LogP contribution in [0.3, 0.4) is 0 Å². The van der Waals surface area contributed by atoms with Crippen molar-refractivity contribution in [1.82, 2.24) is 21.1 Å². The third-order valence-electron chi connectivity index (χ3n) is 3.94. The van der Waals surface area contributed by atoms with E-state index in [0.29, 0.717) is 31.7 Å². The maximum atomic E-state index is 12.1. The van der Waals surface area contributed by atoms with Crippen molar-refractivity contribution < 1.29 is 19.1 Å². The molecule has 148 valence electrons. The largest absolute Gasteiger partial charge is 0.444 e. The third kappa shape index (κ3) is 6.05. The lowest BCUT2D eigenvalue weighted by atomic mass is 10.1. The van der Waals surface area contributed by atoms with Gasteiger partial charge in [0.1, 0.15) is 5.60 Å². The summed E-state index contributed by atoms with van der Waals surface area (Å²) in [6, 6.07) is 6.57. The van der Waals surface area contributed by atoms with Gasteiger partial charge in [-0.2, -0.15) is 0 Å². The Bertz CT molecular complexity index is 676. The predicted octanol–water partition coefficient (Wildman–Crippen LogP) is 1.32. The Kier molecular flexibility index (Phi) is 6.49. The molecule has 1 heterocycles. The lowest BCUT2D eigenvalue weighted by Gasteiger charge is -2.36. The molecule has 27 heavy (non-hydrogen) atoms. The molecule has 3 N–H and O–H groups in total. The molecule has 4 amide bonds. The van der Waals surface area contributed by atoms with Gasteiger partial charge in [-0.25, -0.2) is 15.0 Å². The monoisotopic (exact) mass is 377 g/mol. The molecule has 0 unspecified atom stereocenters. The summed E-state index contributed by atoms with van der Waals surface area (Å²) < 4.78 is 5.40. The van der Waals surface area contributed by atoms with E-state index in [9.17, 15) is 14.4 Å². The highest BCUT2D eigenvalue weighted by Gasteiger charge is 2.26. The summed E-state index contributed by atoms with van der Waals surface area (Å²) in [6.45, 7) is 8.07. The average Bonchev–Trinajstić information content (AvgIpc) is 2.64. The highest BCUT2D eigenvalue weighted by Crippen LogP contribution is 2.18. The zero-order chi connectivity index (χ0) is 20.0. The van der Waals surface area contributed by atoms with Crippen molar-refractivity contribution in [2.45, 2.75) is 26.4 Å². The van der Waals surface area contributed by atoms with Gasteiger partial charge in [0.15, 0.2) is 0 Å². The molecule has 0 saturated carbocycles. The van der Waals surface area contributed by atoms with Crippen LogP contribution in [-0.2, 0) is 4.74 Å². The first kappa shape index (κ1) is 20.3. The van der Waals surface area contributed by atoms with Crippen LogP contribution < -0.4 is 21.1 Å². The molecule has 0 atom stereocenters. The minimum absolute atomic E-state index is 0.294. The van der Waals surface area contributed by atoms with Crippen LogP contribution in [0.25, 0.3) is 0 Å². The number of ether oxygens (including phenoxy) is 1. The normalized spacial score (nSPS) is 14.4. The quantitative estimate of drug-likeness (QED) is 0.675. The topological polar surface area (TPSA) is 103 Å². The third-order valence-corrected chi connectivity index (χ3v) is 3.94. The second-order valence-electron chi connectivity index (χ2n) is 7.16. The predicted molar refractivity (Wildman–Crippen MR) is 102 cm³/mol. The fourth-order valence-corrected chi connectivity index (χ4v) is 2.55. The number of urea groups is 1. The van der Waals surface area contributed by atoms with Crippen molar-refractivity contribution in [1.29, 1.82) is 0 Å². The number of piperazine rings is 1. The van der Waals surface area contributed by atoms with Gasteiger partial charge in [-0.05, 0) is 45.0 Å². The number of carbonyl (C=O) groups excluding carboxylic acids is 3. The second kappa shape index (κ2) is 8.61. The molecule has 1 aliphatic rings. The van der Waals surface area contributed by atoms with Gasteiger partial charge in [-0.3, -0.25) is 10.2 Å². The van der Waals surface area contributed by atoms with E-state index in [4.69, 9.17) is 4.74 Å². The van der Waals surface area contributed by atoms with Crippen LogP contribution in [-0.4, -0.2) is 61.8 Å². The SMILES string of the molecule is CNC(=O)NNC(=O)c1ccc(N2CCN(C(=O)OC(C)(C)C)CC2)cc1. The van der Waals surface area contributed by atoms with Crippen molar-refractivity contribution in [3.05, 3.63) is 29.8 Å². The Morgan fingerprint density at radius 3 is 2.07 bits per heavy atom. The zero-order valence-corrected chi connectivity index (χ0v) is 16.2. The highest BCUT2D eigenvalue weighted by molar-refractivity contribution is 5.95. The van der Waals surface area contributed by atoms with Crippen molar-refractivity contribution in [3.8, 4) is 0 Å². The van der Waals surface area contributed by atoms with Gasteiger partial charge >= 0.3 is 12.1 Å². The molecule has 0 bridgehead atoms. The maximum Gasteiger partial charge on any atom is 0.410 e. The Morgan fingerprint density at radius 2 is 1.56 bits per heavy atom.